The van der Waals surface area contributed by atoms with Gasteiger partial charge in [0.25, 0.3) is 10.1 Å². The molecule has 9 nitrogen and oxygen atoms in total. The van der Waals surface area contributed by atoms with Gasteiger partial charge in [0.15, 0.2) is 11.6 Å². The molecule has 1 aliphatic carbocycles. The number of fused-ring (bicyclic) bond motifs is 2. The molecule has 0 saturated heterocycles. The number of nitrogens with one attached hydrogen (secondary N) is 1. The molecule has 0 aliphatic heterocycles. The van der Waals surface area contributed by atoms with Crippen LogP contribution in [0.4, 0.5) is 17.1 Å². The van der Waals surface area contributed by atoms with Crippen LogP contribution < -0.4 is 11.1 Å². The van der Waals surface area contributed by atoms with E-state index in [-0.39, 0.29) is 68.7 Å². The van der Waals surface area contributed by atoms with Crippen molar-refractivity contribution in [3.05, 3.63) is 82.4 Å². The minimum absolute atomic E-state index is 0. The molecule has 0 saturated carbocycles. The van der Waals surface area contributed by atoms with Gasteiger partial charge in [-0.05, 0) is 18.2 Å². The predicted molar refractivity (Wildman–Crippen MR) is 118 cm³/mol. The van der Waals surface area contributed by atoms with E-state index in [1.807, 2.05) is 0 Å². The Hall–Kier alpha value is -3.02. The van der Waals surface area contributed by atoms with E-state index in [0.29, 0.717) is 0 Å². The van der Waals surface area contributed by atoms with Gasteiger partial charge in [-0.15, -0.1) is 0 Å². The number of hydrogen-bond acceptors (Lipinski definition) is 7. The van der Waals surface area contributed by atoms with Crippen molar-refractivity contribution < 1.29 is 32.5 Å². The Morgan fingerprint density at radius 1 is 0.875 bits per heavy atom. The third-order valence-corrected chi connectivity index (χ3v) is 5.80. The molecule has 0 atom stereocenters. The Balaban J connectivity index is 0.00000289. The van der Waals surface area contributed by atoms with Gasteiger partial charge in [-0.25, -0.2) is 4.79 Å². The van der Waals surface area contributed by atoms with Crippen molar-refractivity contribution in [3.63, 3.8) is 0 Å². The van der Waals surface area contributed by atoms with E-state index in [9.17, 15) is 32.5 Å². The SMILES string of the molecule is Nc1c(S(=O)(=O)O)cc(Nc2ccccc2C(=O)O)c2c1C(=O)c1ccccc1C2=O.[NaH]. The van der Waals surface area contributed by atoms with Crippen LogP contribution in [0.2, 0.25) is 0 Å². The fourth-order valence-electron chi connectivity index (χ4n) is 3.53. The van der Waals surface area contributed by atoms with E-state index < -0.39 is 38.2 Å². The summed E-state index contributed by atoms with van der Waals surface area (Å²) in [5.74, 6) is -2.56. The number of carboxylic acids is 1. The average Bonchev–Trinajstić information content (AvgIpc) is 2.72. The zero-order valence-corrected chi connectivity index (χ0v) is 16.4. The summed E-state index contributed by atoms with van der Waals surface area (Å²) < 4.78 is 33.4. The van der Waals surface area contributed by atoms with Crippen LogP contribution in [0.5, 0.6) is 0 Å². The van der Waals surface area contributed by atoms with Crippen molar-refractivity contribution in [2.75, 3.05) is 11.1 Å². The van der Waals surface area contributed by atoms with Crippen LogP contribution >= 0.6 is 0 Å². The number of para-hydroxylation sites is 1. The van der Waals surface area contributed by atoms with Crippen molar-refractivity contribution in [1.29, 1.82) is 0 Å². The zero-order chi connectivity index (χ0) is 22.5. The molecule has 0 spiro atoms. The molecule has 3 aromatic carbocycles. The number of hydrogen-bond donors (Lipinski definition) is 4. The van der Waals surface area contributed by atoms with E-state index in [4.69, 9.17) is 5.73 Å². The van der Waals surface area contributed by atoms with E-state index in [2.05, 4.69) is 5.32 Å². The van der Waals surface area contributed by atoms with Gasteiger partial charge in [-0.2, -0.15) is 8.42 Å². The van der Waals surface area contributed by atoms with Crippen molar-refractivity contribution in [3.8, 4) is 0 Å². The minimum atomic E-state index is -4.87. The van der Waals surface area contributed by atoms with Crippen molar-refractivity contribution in [2.24, 2.45) is 0 Å². The first-order valence-corrected chi connectivity index (χ1v) is 10.3. The molecule has 0 bridgehead atoms. The van der Waals surface area contributed by atoms with Crippen LogP contribution in [0.3, 0.4) is 0 Å². The van der Waals surface area contributed by atoms with Crippen LogP contribution in [0.1, 0.15) is 42.2 Å². The Kier molecular flexibility index (Phi) is 6.27. The number of ketones is 2. The summed E-state index contributed by atoms with van der Waals surface area (Å²) in [6.07, 6.45) is 0. The van der Waals surface area contributed by atoms with Crippen molar-refractivity contribution in [2.45, 2.75) is 4.90 Å². The predicted octanol–water partition coefficient (Wildman–Crippen LogP) is 2.08. The Morgan fingerprint density at radius 2 is 1.41 bits per heavy atom. The molecule has 11 heteroatoms. The molecule has 158 valence electrons. The van der Waals surface area contributed by atoms with Gasteiger partial charge < -0.3 is 16.2 Å². The van der Waals surface area contributed by atoms with Crippen LogP contribution in [0, 0.1) is 0 Å². The number of nitrogens with two attached hydrogens (primary N) is 1. The summed E-state index contributed by atoms with van der Waals surface area (Å²) in [5, 5.41) is 12.1. The third kappa shape index (κ3) is 3.83. The monoisotopic (exact) mass is 462 g/mol. The van der Waals surface area contributed by atoms with Gasteiger partial charge in [0.1, 0.15) is 4.90 Å². The Morgan fingerprint density at radius 3 is 1.97 bits per heavy atom. The first-order chi connectivity index (χ1) is 14.6. The molecule has 5 N–H and O–H groups in total. The second-order valence-electron chi connectivity index (χ2n) is 6.74. The molecule has 0 radical (unpaired) electrons. The quantitative estimate of drug-likeness (QED) is 0.202. The average molecular weight is 462 g/mol. The molecule has 0 fully saturated rings. The number of nitrogen functional groups attached to an aromatic ring is 1. The molecule has 0 heterocycles. The topological polar surface area (TPSA) is 164 Å². The molecule has 3 aromatic rings. The second-order valence-corrected chi connectivity index (χ2v) is 8.13. The van der Waals surface area contributed by atoms with Crippen LogP contribution in [-0.2, 0) is 10.1 Å². The first-order valence-electron chi connectivity index (χ1n) is 8.83. The van der Waals surface area contributed by atoms with Gasteiger partial charge >= 0.3 is 35.5 Å². The standard InChI is InChI=1S/C21H14N2O7S.Na.H/c22-18-15(31(28,29)30)9-14(23-13-8-4-3-7-12(13)21(26)27)16-17(18)20(25)11-6-2-1-5-10(11)19(16)24;;/h1-9,23H,22H2,(H,26,27)(H,28,29,30);;. The molecular formula is C21H15N2NaO7S. The fourth-order valence-corrected chi connectivity index (χ4v) is 4.18. The summed E-state index contributed by atoms with van der Waals surface area (Å²) in [6.45, 7) is 0. The molecular weight excluding hydrogens is 447 g/mol. The molecule has 32 heavy (non-hydrogen) atoms. The molecule has 0 amide bonds. The summed E-state index contributed by atoms with van der Waals surface area (Å²) in [6, 6.07) is 12.6. The number of anilines is 3. The summed E-state index contributed by atoms with van der Waals surface area (Å²) in [4.78, 5) is 37.1. The summed E-state index contributed by atoms with van der Waals surface area (Å²) in [5.41, 5.74) is 4.58. The molecule has 4 rings (SSSR count). The Labute approximate surface area is 204 Å². The summed E-state index contributed by atoms with van der Waals surface area (Å²) >= 11 is 0. The Bertz CT molecular complexity index is 1420. The maximum absolute atomic E-state index is 13.2. The normalized spacial score (nSPS) is 12.4. The van der Waals surface area contributed by atoms with E-state index in [0.717, 1.165) is 6.07 Å². The molecule has 0 aromatic heterocycles. The fraction of sp³-hybridized carbons (Fsp3) is 0. The van der Waals surface area contributed by atoms with Crippen LogP contribution in [0.25, 0.3) is 0 Å². The molecule has 1 aliphatic rings. The van der Waals surface area contributed by atoms with E-state index in [1.54, 1.807) is 12.1 Å². The van der Waals surface area contributed by atoms with Gasteiger partial charge in [-0.3, -0.25) is 14.1 Å². The summed E-state index contributed by atoms with van der Waals surface area (Å²) in [7, 11) is -4.87. The second kappa shape index (κ2) is 8.49. The first kappa shape index (κ1) is 23.6. The van der Waals surface area contributed by atoms with Gasteiger partial charge in [-0.1, -0.05) is 36.4 Å². The van der Waals surface area contributed by atoms with Crippen molar-refractivity contribution in [1.82, 2.24) is 0 Å². The third-order valence-electron chi connectivity index (χ3n) is 4.90. The van der Waals surface area contributed by atoms with Gasteiger partial charge in [0.05, 0.1) is 33.8 Å². The van der Waals surface area contributed by atoms with Crippen LogP contribution in [0.15, 0.2) is 59.5 Å². The maximum atomic E-state index is 13.2. The van der Waals surface area contributed by atoms with Crippen LogP contribution in [-0.4, -0.2) is 65.2 Å². The van der Waals surface area contributed by atoms with Gasteiger partial charge in [0.2, 0.25) is 0 Å². The van der Waals surface area contributed by atoms with E-state index >= 15 is 0 Å². The van der Waals surface area contributed by atoms with Crippen molar-refractivity contribution >= 4 is 74.3 Å². The number of rotatable bonds is 4. The molecule has 0 unspecified atom stereocenters. The number of carbonyl (C=O) groups is 3. The number of carboxylic acid groups (broad SMARTS) is 1. The number of carbonyl (C=O) groups excluding carboxylic acids is 2. The van der Waals surface area contributed by atoms with Gasteiger partial charge in [0, 0.05) is 11.1 Å². The van der Waals surface area contributed by atoms with E-state index in [1.165, 1.54) is 36.4 Å². The number of aromatic carboxylic acids is 1. The zero-order valence-electron chi connectivity index (χ0n) is 15.6. The number of benzene rings is 3.